The van der Waals surface area contributed by atoms with Crippen molar-refractivity contribution in [2.24, 2.45) is 0 Å². The molecule has 1 nitrogen and oxygen atoms in total. The Kier molecular flexibility index (Phi) is 3.89. The van der Waals surface area contributed by atoms with Gasteiger partial charge in [-0.1, -0.05) is 73.3 Å². The van der Waals surface area contributed by atoms with E-state index in [-0.39, 0.29) is 0 Å². The Hall–Kier alpha value is -2.84. The molecule has 0 aliphatic heterocycles. The molecule has 0 fully saturated rings. The van der Waals surface area contributed by atoms with E-state index in [1.807, 2.05) is 35.7 Å². The summed E-state index contributed by atoms with van der Waals surface area (Å²) in [6.07, 6.45) is 4.08. The molecule has 4 rings (SSSR count). The lowest BCUT2D eigenvalue weighted by Crippen LogP contribution is -2.01. The highest BCUT2D eigenvalue weighted by Gasteiger charge is 2.06. The summed E-state index contributed by atoms with van der Waals surface area (Å²) in [6, 6.07) is 25.2. The number of nitrogens with one attached hydrogen (secondary N) is 1. The lowest BCUT2D eigenvalue weighted by atomic mass is 10.1. The molecule has 0 spiro atoms. The van der Waals surface area contributed by atoms with E-state index in [9.17, 15) is 0 Å². The highest BCUT2D eigenvalue weighted by atomic mass is 32.1. The van der Waals surface area contributed by atoms with Crippen LogP contribution in [0.1, 0.15) is 11.1 Å². The van der Waals surface area contributed by atoms with Crippen LogP contribution in [0.25, 0.3) is 31.9 Å². The van der Waals surface area contributed by atoms with Crippen molar-refractivity contribution in [1.82, 2.24) is 5.32 Å². The number of benzene rings is 3. The van der Waals surface area contributed by atoms with Crippen LogP contribution in [0.5, 0.6) is 0 Å². The molecule has 0 aliphatic rings. The number of thiophene rings is 1. The molecule has 24 heavy (non-hydrogen) atoms. The Bertz CT molecular complexity index is 1040. The van der Waals surface area contributed by atoms with Crippen LogP contribution in [0, 0.1) is 0 Å². The fourth-order valence-electron chi connectivity index (χ4n) is 2.85. The molecule has 0 atom stereocenters. The van der Waals surface area contributed by atoms with Gasteiger partial charge in [-0.05, 0) is 23.3 Å². The van der Waals surface area contributed by atoms with Crippen LogP contribution in [0.15, 0.2) is 85.6 Å². The topological polar surface area (TPSA) is 12.0 Å². The smallest absolute Gasteiger partial charge is 0.0428 e. The molecule has 0 radical (unpaired) electrons. The molecule has 2 heteroatoms. The van der Waals surface area contributed by atoms with E-state index in [4.69, 9.17) is 0 Å². The summed E-state index contributed by atoms with van der Waals surface area (Å²) >= 11 is 1.84. The summed E-state index contributed by atoms with van der Waals surface area (Å²) in [7, 11) is 0. The van der Waals surface area contributed by atoms with E-state index in [0.29, 0.717) is 0 Å². The summed E-state index contributed by atoms with van der Waals surface area (Å²) in [5.41, 5.74) is 3.22. The quantitative estimate of drug-likeness (QED) is 0.465. The van der Waals surface area contributed by atoms with Crippen molar-refractivity contribution >= 4 is 43.3 Å². The number of hydrogen-bond donors (Lipinski definition) is 1. The van der Waals surface area contributed by atoms with E-state index in [1.54, 1.807) is 0 Å². The first-order valence-corrected chi connectivity index (χ1v) is 8.72. The lowest BCUT2D eigenvalue weighted by Gasteiger charge is -2.05. The molecule has 116 valence electrons. The first-order valence-electron chi connectivity index (χ1n) is 7.90. The van der Waals surface area contributed by atoms with E-state index in [0.717, 1.165) is 11.3 Å². The van der Waals surface area contributed by atoms with Crippen molar-refractivity contribution in [3.8, 4) is 0 Å². The van der Waals surface area contributed by atoms with Crippen molar-refractivity contribution in [2.45, 2.75) is 0 Å². The average molecular weight is 327 g/mol. The van der Waals surface area contributed by atoms with Gasteiger partial charge in [0.05, 0.1) is 0 Å². The van der Waals surface area contributed by atoms with Gasteiger partial charge in [0, 0.05) is 32.1 Å². The van der Waals surface area contributed by atoms with Gasteiger partial charge in [0.1, 0.15) is 0 Å². The number of fused-ring (bicyclic) bond motifs is 3. The van der Waals surface area contributed by atoms with Gasteiger partial charge in [-0.25, -0.2) is 0 Å². The fourth-order valence-corrected chi connectivity index (χ4v) is 4.05. The van der Waals surface area contributed by atoms with Crippen LogP contribution in [0.3, 0.4) is 0 Å². The van der Waals surface area contributed by atoms with Gasteiger partial charge in [-0.2, -0.15) is 0 Å². The van der Waals surface area contributed by atoms with Crippen molar-refractivity contribution in [2.75, 3.05) is 0 Å². The predicted octanol–water partition coefficient (Wildman–Crippen LogP) is 6.29. The molecular weight excluding hydrogens is 310 g/mol. The summed E-state index contributed by atoms with van der Waals surface area (Å²) in [4.78, 5) is 0. The Morgan fingerprint density at radius 1 is 0.833 bits per heavy atom. The molecule has 1 N–H and O–H groups in total. The Balaban J connectivity index is 1.64. The third kappa shape index (κ3) is 2.72. The van der Waals surface area contributed by atoms with E-state index < -0.39 is 0 Å². The maximum atomic E-state index is 4.09. The second kappa shape index (κ2) is 6.34. The molecule has 1 aromatic heterocycles. The summed E-state index contributed by atoms with van der Waals surface area (Å²) in [5.74, 6) is 0. The largest absolute Gasteiger partial charge is 0.362 e. The number of rotatable bonds is 4. The molecule has 0 amide bonds. The van der Waals surface area contributed by atoms with Crippen molar-refractivity contribution in [3.63, 3.8) is 0 Å². The molecule has 0 saturated carbocycles. The van der Waals surface area contributed by atoms with Crippen molar-refractivity contribution in [3.05, 3.63) is 96.7 Å². The van der Waals surface area contributed by atoms with E-state index in [1.165, 1.54) is 25.7 Å². The standard InChI is InChI=1S/C22H17NS/c1-16(17-8-3-2-4-9-17)23-15-14-18-10-7-12-20-19-11-5-6-13-21(19)24-22(18)20/h2-15,23H,1H2/b15-14+. The Morgan fingerprint density at radius 2 is 1.58 bits per heavy atom. The van der Waals surface area contributed by atoms with Gasteiger partial charge in [0.25, 0.3) is 0 Å². The third-order valence-electron chi connectivity index (χ3n) is 4.08. The highest BCUT2D eigenvalue weighted by molar-refractivity contribution is 7.26. The molecule has 3 aromatic carbocycles. The van der Waals surface area contributed by atoms with Gasteiger partial charge in [-0.15, -0.1) is 11.3 Å². The van der Waals surface area contributed by atoms with Crippen LogP contribution >= 0.6 is 11.3 Å². The molecular formula is C22H17NS. The predicted molar refractivity (Wildman–Crippen MR) is 107 cm³/mol. The van der Waals surface area contributed by atoms with Crippen LogP contribution in [-0.4, -0.2) is 0 Å². The highest BCUT2D eigenvalue weighted by Crippen LogP contribution is 2.36. The SMILES string of the molecule is C=C(N/C=C/c1cccc2c1sc1ccccc12)c1ccccc1. The van der Waals surface area contributed by atoms with Gasteiger partial charge >= 0.3 is 0 Å². The Morgan fingerprint density at radius 3 is 2.46 bits per heavy atom. The second-order valence-corrected chi connectivity index (χ2v) is 6.70. The normalized spacial score (nSPS) is 11.3. The minimum atomic E-state index is 0.898. The first kappa shape index (κ1) is 14.7. The summed E-state index contributed by atoms with van der Waals surface area (Å²) < 4.78 is 2.65. The minimum absolute atomic E-state index is 0.898. The molecule has 4 aromatic rings. The first-order chi connectivity index (χ1) is 11.8. The van der Waals surface area contributed by atoms with Crippen molar-refractivity contribution < 1.29 is 0 Å². The zero-order valence-corrected chi connectivity index (χ0v) is 14.0. The second-order valence-electron chi connectivity index (χ2n) is 5.64. The maximum absolute atomic E-state index is 4.09. The monoisotopic (exact) mass is 327 g/mol. The molecule has 0 aliphatic carbocycles. The summed E-state index contributed by atoms with van der Waals surface area (Å²) in [6.45, 7) is 4.09. The Labute approximate surface area is 145 Å². The van der Waals surface area contributed by atoms with Crippen LogP contribution in [-0.2, 0) is 0 Å². The molecule has 0 bridgehead atoms. The molecule has 0 unspecified atom stereocenters. The third-order valence-corrected chi connectivity index (χ3v) is 5.31. The van der Waals surface area contributed by atoms with E-state index in [2.05, 4.69) is 72.6 Å². The zero-order valence-electron chi connectivity index (χ0n) is 13.2. The lowest BCUT2D eigenvalue weighted by molar-refractivity contribution is 1.23. The fraction of sp³-hybridized carbons (Fsp3) is 0. The minimum Gasteiger partial charge on any atom is -0.362 e. The maximum Gasteiger partial charge on any atom is 0.0428 e. The zero-order chi connectivity index (χ0) is 16.4. The van der Waals surface area contributed by atoms with Gasteiger partial charge in [0.15, 0.2) is 0 Å². The average Bonchev–Trinajstić information content (AvgIpc) is 3.02. The van der Waals surface area contributed by atoms with Gasteiger partial charge in [-0.3, -0.25) is 0 Å². The summed E-state index contributed by atoms with van der Waals surface area (Å²) in [5, 5.41) is 5.92. The number of hydrogen-bond acceptors (Lipinski definition) is 2. The van der Waals surface area contributed by atoms with Gasteiger partial charge < -0.3 is 5.32 Å². The molecule has 0 saturated heterocycles. The van der Waals surface area contributed by atoms with Crippen molar-refractivity contribution in [1.29, 1.82) is 0 Å². The van der Waals surface area contributed by atoms with E-state index >= 15 is 0 Å². The van der Waals surface area contributed by atoms with Crippen LogP contribution in [0.4, 0.5) is 0 Å². The van der Waals surface area contributed by atoms with Crippen LogP contribution in [0.2, 0.25) is 0 Å². The van der Waals surface area contributed by atoms with Gasteiger partial charge in [0.2, 0.25) is 0 Å². The molecule has 1 heterocycles. The van der Waals surface area contributed by atoms with Crippen LogP contribution < -0.4 is 5.32 Å².